The fraction of sp³-hybridized carbons (Fsp3) is 0.250. The van der Waals surface area contributed by atoms with Crippen LogP contribution >= 0.6 is 11.6 Å². The predicted octanol–water partition coefficient (Wildman–Crippen LogP) is 4.36. The van der Waals surface area contributed by atoms with Gasteiger partial charge in [-0.3, -0.25) is 0 Å². The third-order valence-corrected chi connectivity index (χ3v) is 3.14. The van der Waals surface area contributed by atoms with Gasteiger partial charge in [-0.1, -0.05) is 29.8 Å². The Morgan fingerprint density at radius 3 is 2.65 bits per heavy atom. The van der Waals surface area contributed by atoms with Crippen molar-refractivity contribution >= 4 is 17.3 Å². The van der Waals surface area contributed by atoms with Gasteiger partial charge in [0.15, 0.2) is 0 Å². The fourth-order valence-corrected chi connectivity index (χ4v) is 2.13. The van der Waals surface area contributed by atoms with Crippen LogP contribution in [0.25, 0.3) is 0 Å². The van der Waals surface area contributed by atoms with Gasteiger partial charge in [0.1, 0.15) is 11.5 Å². The first-order chi connectivity index (χ1) is 9.74. The van der Waals surface area contributed by atoms with E-state index in [2.05, 4.69) is 5.32 Å². The molecule has 4 heteroatoms. The van der Waals surface area contributed by atoms with Crippen LogP contribution in [0.1, 0.15) is 12.5 Å². The zero-order valence-corrected chi connectivity index (χ0v) is 12.4. The molecule has 0 saturated heterocycles. The van der Waals surface area contributed by atoms with Crippen molar-refractivity contribution in [3.63, 3.8) is 0 Å². The molecule has 2 aromatic rings. The van der Waals surface area contributed by atoms with Crippen LogP contribution in [-0.2, 0) is 6.54 Å². The number of halogens is 1. The topological polar surface area (TPSA) is 30.5 Å². The maximum absolute atomic E-state index is 6.02. The van der Waals surface area contributed by atoms with Crippen molar-refractivity contribution in [3.8, 4) is 11.5 Å². The number of benzene rings is 2. The van der Waals surface area contributed by atoms with Crippen LogP contribution in [0.15, 0.2) is 42.5 Å². The summed E-state index contributed by atoms with van der Waals surface area (Å²) in [6.45, 7) is 3.27. The minimum Gasteiger partial charge on any atom is -0.495 e. The quantitative estimate of drug-likeness (QED) is 0.858. The predicted molar refractivity (Wildman–Crippen MR) is 82.9 cm³/mol. The maximum atomic E-state index is 6.02. The number of rotatable bonds is 6. The van der Waals surface area contributed by atoms with E-state index in [0.29, 0.717) is 18.2 Å². The number of nitrogens with one attached hydrogen (secondary N) is 1. The van der Waals surface area contributed by atoms with Gasteiger partial charge in [0.2, 0.25) is 0 Å². The van der Waals surface area contributed by atoms with E-state index in [9.17, 15) is 0 Å². The van der Waals surface area contributed by atoms with Crippen molar-refractivity contribution in [1.29, 1.82) is 0 Å². The molecule has 106 valence electrons. The molecule has 2 aromatic carbocycles. The smallest absolute Gasteiger partial charge is 0.142 e. The lowest BCUT2D eigenvalue weighted by molar-refractivity contribution is 0.337. The maximum Gasteiger partial charge on any atom is 0.142 e. The van der Waals surface area contributed by atoms with Crippen LogP contribution in [0.3, 0.4) is 0 Å². The Kier molecular flexibility index (Phi) is 5.13. The average Bonchev–Trinajstić information content (AvgIpc) is 2.47. The van der Waals surface area contributed by atoms with Gasteiger partial charge >= 0.3 is 0 Å². The Hall–Kier alpha value is -1.87. The molecule has 0 heterocycles. The molecule has 0 spiro atoms. The van der Waals surface area contributed by atoms with Crippen molar-refractivity contribution in [2.45, 2.75) is 13.5 Å². The molecular formula is C16H18ClNO2. The second-order valence-electron chi connectivity index (χ2n) is 4.24. The van der Waals surface area contributed by atoms with Gasteiger partial charge in [-0.25, -0.2) is 0 Å². The summed E-state index contributed by atoms with van der Waals surface area (Å²) < 4.78 is 10.9. The monoisotopic (exact) mass is 291 g/mol. The van der Waals surface area contributed by atoms with Gasteiger partial charge in [0.05, 0.1) is 19.4 Å². The highest BCUT2D eigenvalue weighted by Gasteiger charge is 2.06. The van der Waals surface area contributed by atoms with Crippen LogP contribution in [0, 0.1) is 0 Å². The van der Waals surface area contributed by atoms with E-state index < -0.39 is 0 Å². The molecule has 0 aliphatic carbocycles. The summed E-state index contributed by atoms with van der Waals surface area (Å²) in [7, 11) is 1.64. The number of ether oxygens (including phenoxy) is 2. The molecule has 0 amide bonds. The highest BCUT2D eigenvalue weighted by Crippen LogP contribution is 2.29. The molecule has 0 aromatic heterocycles. The minimum absolute atomic E-state index is 0.646. The molecule has 0 atom stereocenters. The fourth-order valence-electron chi connectivity index (χ4n) is 1.95. The Morgan fingerprint density at radius 2 is 1.90 bits per heavy atom. The first-order valence-corrected chi connectivity index (χ1v) is 6.90. The summed E-state index contributed by atoms with van der Waals surface area (Å²) in [6, 6.07) is 13.5. The summed E-state index contributed by atoms with van der Waals surface area (Å²) in [5.41, 5.74) is 1.96. The summed E-state index contributed by atoms with van der Waals surface area (Å²) in [6.07, 6.45) is 0. The Morgan fingerprint density at radius 1 is 1.10 bits per heavy atom. The number of hydrogen-bond acceptors (Lipinski definition) is 3. The standard InChI is InChI=1S/C16H18ClNO2/c1-3-20-15-7-5-4-6-12(15)11-18-14-10-13(17)8-9-16(14)19-2/h4-10,18H,3,11H2,1-2H3. The zero-order valence-electron chi connectivity index (χ0n) is 11.7. The second-order valence-corrected chi connectivity index (χ2v) is 4.68. The Labute approximate surface area is 124 Å². The summed E-state index contributed by atoms with van der Waals surface area (Å²) in [5.74, 6) is 1.66. The van der Waals surface area contributed by atoms with Gasteiger partial charge < -0.3 is 14.8 Å². The van der Waals surface area contributed by atoms with Crippen LogP contribution < -0.4 is 14.8 Å². The minimum atomic E-state index is 0.646. The molecule has 1 N–H and O–H groups in total. The molecule has 3 nitrogen and oxygen atoms in total. The lowest BCUT2D eigenvalue weighted by Crippen LogP contribution is -2.04. The van der Waals surface area contributed by atoms with Gasteiger partial charge in [-0.05, 0) is 31.2 Å². The van der Waals surface area contributed by atoms with Crippen molar-refractivity contribution in [2.24, 2.45) is 0 Å². The third-order valence-electron chi connectivity index (χ3n) is 2.90. The average molecular weight is 292 g/mol. The van der Waals surface area contributed by atoms with E-state index >= 15 is 0 Å². The SMILES string of the molecule is CCOc1ccccc1CNc1cc(Cl)ccc1OC. The van der Waals surface area contributed by atoms with Crippen molar-refractivity contribution in [3.05, 3.63) is 53.1 Å². The van der Waals surface area contributed by atoms with Crippen LogP contribution in [0.4, 0.5) is 5.69 Å². The largest absolute Gasteiger partial charge is 0.495 e. The van der Waals surface area contributed by atoms with Gasteiger partial charge in [0.25, 0.3) is 0 Å². The number of anilines is 1. The van der Waals surface area contributed by atoms with Crippen molar-refractivity contribution in [1.82, 2.24) is 0 Å². The zero-order chi connectivity index (χ0) is 14.4. The van der Waals surface area contributed by atoms with Crippen molar-refractivity contribution < 1.29 is 9.47 Å². The summed E-state index contributed by atoms with van der Waals surface area (Å²) in [5, 5.41) is 4.00. The van der Waals surface area contributed by atoms with E-state index in [1.807, 2.05) is 43.3 Å². The molecule has 0 bridgehead atoms. The normalized spacial score (nSPS) is 10.2. The molecule has 0 aliphatic heterocycles. The van der Waals surface area contributed by atoms with E-state index in [1.54, 1.807) is 13.2 Å². The van der Waals surface area contributed by atoms with Crippen LogP contribution in [-0.4, -0.2) is 13.7 Å². The summed E-state index contributed by atoms with van der Waals surface area (Å²) >= 11 is 6.02. The highest BCUT2D eigenvalue weighted by molar-refractivity contribution is 6.30. The number of para-hydroxylation sites is 1. The number of methoxy groups -OCH3 is 1. The van der Waals surface area contributed by atoms with E-state index in [1.165, 1.54) is 0 Å². The van der Waals surface area contributed by atoms with Crippen LogP contribution in [0.5, 0.6) is 11.5 Å². The lowest BCUT2D eigenvalue weighted by Gasteiger charge is -2.14. The van der Waals surface area contributed by atoms with Gasteiger partial charge in [-0.2, -0.15) is 0 Å². The van der Waals surface area contributed by atoms with E-state index in [0.717, 1.165) is 22.7 Å². The third kappa shape index (κ3) is 3.58. The molecule has 20 heavy (non-hydrogen) atoms. The second kappa shape index (κ2) is 7.06. The Bertz CT molecular complexity index is 572. The first kappa shape index (κ1) is 14.5. The van der Waals surface area contributed by atoms with E-state index in [-0.39, 0.29) is 0 Å². The molecule has 2 rings (SSSR count). The molecule has 0 radical (unpaired) electrons. The first-order valence-electron chi connectivity index (χ1n) is 6.52. The molecule has 0 aliphatic rings. The van der Waals surface area contributed by atoms with Gasteiger partial charge in [0, 0.05) is 17.1 Å². The van der Waals surface area contributed by atoms with Gasteiger partial charge in [-0.15, -0.1) is 0 Å². The number of hydrogen-bond donors (Lipinski definition) is 1. The molecule has 0 unspecified atom stereocenters. The van der Waals surface area contributed by atoms with E-state index in [4.69, 9.17) is 21.1 Å². The lowest BCUT2D eigenvalue weighted by atomic mass is 10.2. The van der Waals surface area contributed by atoms with Crippen molar-refractivity contribution in [2.75, 3.05) is 19.0 Å². The highest BCUT2D eigenvalue weighted by atomic mass is 35.5. The Balaban J connectivity index is 2.14. The molecule has 0 saturated carbocycles. The molecule has 0 fully saturated rings. The summed E-state index contributed by atoms with van der Waals surface area (Å²) in [4.78, 5) is 0. The van der Waals surface area contributed by atoms with Crippen LogP contribution in [0.2, 0.25) is 5.02 Å². The molecular weight excluding hydrogens is 274 g/mol.